The maximum Gasteiger partial charge on any atom is 0.163 e. The van der Waals surface area contributed by atoms with Crippen molar-refractivity contribution in [1.82, 2.24) is 19.9 Å². The number of aromatic nitrogens is 3. The molecule has 6 heteroatoms. The summed E-state index contributed by atoms with van der Waals surface area (Å²) in [4.78, 5) is 16.0. The van der Waals surface area contributed by atoms with E-state index in [9.17, 15) is 0 Å². The highest BCUT2D eigenvalue weighted by atomic mass is 32.2. The Morgan fingerprint density at radius 3 is 2.62 bits per heavy atom. The van der Waals surface area contributed by atoms with Gasteiger partial charge in [-0.05, 0) is 18.9 Å². The van der Waals surface area contributed by atoms with Crippen molar-refractivity contribution in [2.75, 3.05) is 29.9 Å². The minimum Gasteiger partial charge on any atom is -0.367 e. The molecule has 1 saturated carbocycles. The predicted molar refractivity (Wildman–Crippen MR) is 122 cm³/mol. The fourth-order valence-corrected chi connectivity index (χ4v) is 5.39. The van der Waals surface area contributed by atoms with E-state index in [1.807, 2.05) is 18.2 Å². The third kappa shape index (κ3) is 4.43. The molecular weight excluding hydrogens is 378 g/mol. The second-order valence-electron chi connectivity index (χ2n) is 8.19. The third-order valence-electron chi connectivity index (χ3n) is 6.02. The molecule has 0 bridgehead atoms. The van der Waals surface area contributed by atoms with Crippen molar-refractivity contribution < 1.29 is 0 Å². The van der Waals surface area contributed by atoms with Gasteiger partial charge in [0.2, 0.25) is 0 Å². The highest BCUT2D eigenvalue weighted by molar-refractivity contribution is 7.99. The van der Waals surface area contributed by atoms with Gasteiger partial charge >= 0.3 is 0 Å². The van der Waals surface area contributed by atoms with Crippen LogP contribution in [0.3, 0.4) is 0 Å². The molecule has 29 heavy (non-hydrogen) atoms. The highest BCUT2D eigenvalue weighted by Gasteiger charge is 2.19. The molecule has 0 amide bonds. The van der Waals surface area contributed by atoms with E-state index in [0.29, 0.717) is 6.04 Å². The number of H-pyrrole nitrogens is 1. The van der Waals surface area contributed by atoms with Crippen LogP contribution in [0.4, 0.5) is 5.82 Å². The number of thioether (sulfide) groups is 1. The number of fused-ring (bicyclic) bond motifs is 1. The summed E-state index contributed by atoms with van der Waals surface area (Å²) in [5, 5.41) is 4.88. The number of hydrogen-bond donors (Lipinski definition) is 2. The number of nitrogens with zero attached hydrogens (tertiary/aromatic N) is 3. The Labute approximate surface area is 176 Å². The quantitative estimate of drug-likeness (QED) is 0.629. The first-order valence-electron chi connectivity index (χ1n) is 10.9. The van der Waals surface area contributed by atoms with Crippen LogP contribution in [0.5, 0.6) is 0 Å². The molecule has 0 unspecified atom stereocenters. The Kier molecular flexibility index (Phi) is 5.72. The zero-order valence-corrected chi connectivity index (χ0v) is 17.7. The van der Waals surface area contributed by atoms with Crippen LogP contribution in [0, 0.1) is 0 Å². The fourth-order valence-electron chi connectivity index (χ4n) is 4.42. The topological polar surface area (TPSA) is 56.8 Å². The van der Waals surface area contributed by atoms with Crippen LogP contribution < -0.4 is 5.32 Å². The van der Waals surface area contributed by atoms with Gasteiger partial charge in [0.1, 0.15) is 11.5 Å². The molecule has 3 aromatic rings. The first-order valence-corrected chi connectivity index (χ1v) is 12.0. The number of rotatable bonds is 5. The summed E-state index contributed by atoms with van der Waals surface area (Å²) < 4.78 is 0. The SMILES string of the molecule is c1ccc(-c2nc(NC3CCCCC3)c3cc(CN4CCSCC4)[nH]c3n2)cc1. The zero-order chi connectivity index (χ0) is 19.5. The first kappa shape index (κ1) is 18.9. The van der Waals surface area contributed by atoms with E-state index in [4.69, 9.17) is 9.97 Å². The van der Waals surface area contributed by atoms with Gasteiger partial charge in [-0.2, -0.15) is 11.8 Å². The van der Waals surface area contributed by atoms with Crippen molar-refractivity contribution in [2.24, 2.45) is 0 Å². The van der Waals surface area contributed by atoms with Gasteiger partial charge < -0.3 is 10.3 Å². The van der Waals surface area contributed by atoms with Gasteiger partial charge in [-0.15, -0.1) is 0 Å². The van der Waals surface area contributed by atoms with Gasteiger partial charge in [0, 0.05) is 48.4 Å². The molecule has 3 heterocycles. The first-order chi connectivity index (χ1) is 14.3. The minimum atomic E-state index is 0.517. The Balaban J connectivity index is 1.49. The summed E-state index contributed by atoms with van der Waals surface area (Å²) in [6.07, 6.45) is 6.43. The van der Waals surface area contributed by atoms with Crippen molar-refractivity contribution in [2.45, 2.75) is 44.7 Å². The lowest BCUT2D eigenvalue weighted by molar-refractivity contribution is 0.292. The normalized spacial score (nSPS) is 18.9. The molecular formula is C23H29N5S. The second-order valence-corrected chi connectivity index (χ2v) is 9.41. The Bertz CT molecular complexity index is 943. The third-order valence-corrected chi connectivity index (χ3v) is 6.96. The lowest BCUT2D eigenvalue weighted by atomic mass is 9.95. The van der Waals surface area contributed by atoms with Crippen molar-refractivity contribution >= 4 is 28.6 Å². The minimum absolute atomic E-state index is 0.517. The summed E-state index contributed by atoms with van der Waals surface area (Å²) >= 11 is 2.05. The summed E-state index contributed by atoms with van der Waals surface area (Å²) in [6, 6.07) is 13.1. The average Bonchev–Trinajstić information content (AvgIpc) is 3.18. The van der Waals surface area contributed by atoms with Gasteiger partial charge in [-0.25, -0.2) is 9.97 Å². The largest absolute Gasteiger partial charge is 0.367 e. The maximum absolute atomic E-state index is 4.97. The molecule has 5 rings (SSSR count). The van der Waals surface area contributed by atoms with Gasteiger partial charge in [0.15, 0.2) is 5.82 Å². The number of anilines is 1. The number of aromatic amines is 1. The van der Waals surface area contributed by atoms with E-state index in [-0.39, 0.29) is 0 Å². The van der Waals surface area contributed by atoms with Crippen molar-refractivity contribution in [1.29, 1.82) is 0 Å². The molecule has 152 valence electrons. The highest BCUT2D eigenvalue weighted by Crippen LogP contribution is 2.29. The van der Waals surface area contributed by atoms with Crippen molar-refractivity contribution in [3.05, 3.63) is 42.1 Å². The van der Waals surface area contributed by atoms with E-state index in [0.717, 1.165) is 47.9 Å². The summed E-state index contributed by atoms with van der Waals surface area (Å²) in [7, 11) is 0. The van der Waals surface area contributed by atoms with Crippen LogP contribution in [0.25, 0.3) is 22.4 Å². The Morgan fingerprint density at radius 2 is 1.83 bits per heavy atom. The lowest BCUT2D eigenvalue weighted by Crippen LogP contribution is -2.32. The Morgan fingerprint density at radius 1 is 1.03 bits per heavy atom. The fraction of sp³-hybridized carbons (Fsp3) is 0.478. The molecule has 2 fully saturated rings. The van der Waals surface area contributed by atoms with Crippen molar-refractivity contribution in [3.63, 3.8) is 0 Å². The summed E-state index contributed by atoms with van der Waals surface area (Å²) in [6.45, 7) is 3.28. The second kappa shape index (κ2) is 8.76. The molecule has 2 aliphatic rings. The molecule has 1 aliphatic carbocycles. The van der Waals surface area contributed by atoms with Crippen LogP contribution in [-0.2, 0) is 6.54 Å². The maximum atomic E-state index is 4.97. The molecule has 0 atom stereocenters. The van der Waals surface area contributed by atoms with Crippen LogP contribution in [0.15, 0.2) is 36.4 Å². The average molecular weight is 408 g/mol. The van der Waals surface area contributed by atoms with E-state index in [1.165, 1.54) is 49.3 Å². The zero-order valence-electron chi connectivity index (χ0n) is 16.9. The van der Waals surface area contributed by atoms with E-state index < -0.39 is 0 Å². The van der Waals surface area contributed by atoms with Crippen LogP contribution in [0.2, 0.25) is 0 Å². The van der Waals surface area contributed by atoms with Gasteiger partial charge in [0.05, 0.1) is 5.39 Å². The monoisotopic (exact) mass is 407 g/mol. The molecule has 1 aliphatic heterocycles. The number of hydrogen-bond acceptors (Lipinski definition) is 5. The summed E-state index contributed by atoms with van der Waals surface area (Å²) in [5.74, 6) is 4.23. The number of benzene rings is 1. The van der Waals surface area contributed by atoms with Gasteiger partial charge in [-0.3, -0.25) is 4.90 Å². The van der Waals surface area contributed by atoms with Crippen LogP contribution >= 0.6 is 11.8 Å². The van der Waals surface area contributed by atoms with Gasteiger partial charge in [-0.1, -0.05) is 49.6 Å². The van der Waals surface area contributed by atoms with Crippen LogP contribution in [0.1, 0.15) is 37.8 Å². The van der Waals surface area contributed by atoms with E-state index >= 15 is 0 Å². The lowest BCUT2D eigenvalue weighted by Gasteiger charge is -2.25. The number of nitrogens with one attached hydrogen (secondary N) is 2. The van der Waals surface area contributed by atoms with E-state index in [2.05, 4.69) is 45.2 Å². The molecule has 2 aromatic heterocycles. The van der Waals surface area contributed by atoms with Crippen LogP contribution in [-0.4, -0.2) is 50.5 Å². The van der Waals surface area contributed by atoms with E-state index in [1.54, 1.807) is 0 Å². The standard InChI is InChI=1S/C23H29N5S/c1-3-7-17(8-4-1)21-26-22(24-18-9-5-2-6-10-18)20-15-19(25-23(20)27-21)16-28-11-13-29-14-12-28/h1,3-4,7-8,15,18H,2,5-6,9-14,16H2,(H2,24,25,26,27). The summed E-state index contributed by atoms with van der Waals surface area (Å²) in [5.41, 5.74) is 3.24. The molecule has 5 nitrogen and oxygen atoms in total. The molecule has 1 aromatic carbocycles. The molecule has 0 radical (unpaired) electrons. The predicted octanol–water partition coefficient (Wildman–Crippen LogP) is 4.92. The molecule has 0 spiro atoms. The molecule has 1 saturated heterocycles. The van der Waals surface area contributed by atoms with Crippen molar-refractivity contribution in [3.8, 4) is 11.4 Å². The Hall–Kier alpha value is -2.05. The smallest absolute Gasteiger partial charge is 0.163 e. The molecule has 2 N–H and O–H groups in total. The van der Waals surface area contributed by atoms with Gasteiger partial charge in [0.25, 0.3) is 0 Å².